The van der Waals surface area contributed by atoms with Gasteiger partial charge in [0.1, 0.15) is 0 Å². The summed E-state index contributed by atoms with van der Waals surface area (Å²) < 4.78 is 5.05. The van der Waals surface area contributed by atoms with Crippen LogP contribution in [-0.4, -0.2) is 19.3 Å². The summed E-state index contributed by atoms with van der Waals surface area (Å²) in [5.41, 5.74) is 0. The SMILES string of the molecule is c1csc(CNC2COC2)c1. The third-order valence-corrected chi connectivity index (χ3v) is 2.66. The highest BCUT2D eigenvalue weighted by atomic mass is 32.1. The smallest absolute Gasteiger partial charge is 0.0643 e. The lowest BCUT2D eigenvalue weighted by Crippen LogP contribution is -2.45. The second-order valence-corrected chi connectivity index (χ2v) is 3.73. The molecular weight excluding hydrogens is 158 g/mol. The molecular formula is C8H11NOS. The standard InChI is InChI=1S/C8H11NOS/c1-2-8(11-3-1)4-9-7-5-10-6-7/h1-3,7,9H,4-6H2. The average molecular weight is 169 g/mol. The Morgan fingerprint density at radius 2 is 2.55 bits per heavy atom. The van der Waals surface area contributed by atoms with E-state index in [1.54, 1.807) is 11.3 Å². The van der Waals surface area contributed by atoms with E-state index >= 15 is 0 Å². The van der Waals surface area contributed by atoms with Crippen LogP contribution in [0.3, 0.4) is 0 Å². The molecule has 0 atom stereocenters. The minimum atomic E-state index is 0.595. The summed E-state index contributed by atoms with van der Waals surface area (Å²) in [6.45, 7) is 2.75. The highest BCUT2D eigenvalue weighted by Gasteiger charge is 2.16. The van der Waals surface area contributed by atoms with Crippen LogP contribution in [0.2, 0.25) is 0 Å². The Hall–Kier alpha value is -0.380. The first-order chi connectivity index (χ1) is 5.45. The van der Waals surface area contributed by atoms with Crippen LogP contribution < -0.4 is 5.32 Å². The molecule has 1 saturated heterocycles. The predicted molar refractivity (Wildman–Crippen MR) is 45.8 cm³/mol. The number of hydrogen-bond donors (Lipinski definition) is 1. The van der Waals surface area contributed by atoms with Gasteiger partial charge < -0.3 is 10.1 Å². The van der Waals surface area contributed by atoms with E-state index in [9.17, 15) is 0 Å². The van der Waals surface area contributed by atoms with Crippen LogP contribution >= 0.6 is 11.3 Å². The van der Waals surface area contributed by atoms with Gasteiger partial charge in [0.15, 0.2) is 0 Å². The zero-order valence-corrected chi connectivity index (χ0v) is 7.06. The normalized spacial score (nSPS) is 18.2. The van der Waals surface area contributed by atoms with Gasteiger partial charge in [-0.2, -0.15) is 0 Å². The second-order valence-electron chi connectivity index (χ2n) is 2.69. The van der Waals surface area contributed by atoms with E-state index in [4.69, 9.17) is 4.74 Å². The van der Waals surface area contributed by atoms with Crippen molar-refractivity contribution in [2.45, 2.75) is 12.6 Å². The molecule has 3 heteroatoms. The van der Waals surface area contributed by atoms with Gasteiger partial charge in [-0.05, 0) is 11.4 Å². The summed E-state index contributed by atoms with van der Waals surface area (Å²) in [7, 11) is 0. The Morgan fingerprint density at radius 3 is 3.09 bits per heavy atom. The zero-order chi connectivity index (χ0) is 7.52. The largest absolute Gasteiger partial charge is 0.378 e. The van der Waals surface area contributed by atoms with Crippen molar-refractivity contribution < 1.29 is 4.74 Å². The van der Waals surface area contributed by atoms with Crippen molar-refractivity contribution in [1.82, 2.24) is 5.32 Å². The summed E-state index contributed by atoms with van der Waals surface area (Å²) in [5, 5.41) is 5.51. The van der Waals surface area contributed by atoms with E-state index in [0.717, 1.165) is 19.8 Å². The zero-order valence-electron chi connectivity index (χ0n) is 6.25. The predicted octanol–water partition coefficient (Wildman–Crippen LogP) is 1.24. The summed E-state index contributed by atoms with van der Waals surface area (Å²) in [5.74, 6) is 0. The van der Waals surface area contributed by atoms with Crippen LogP contribution in [0.4, 0.5) is 0 Å². The molecule has 0 spiro atoms. The topological polar surface area (TPSA) is 21.3 Å². The van der Waals surface area contributed by atoms with E-state index in [2.05, 4.69) is 22.8 Å². The number of nitrogens with one attached hydrogen (secondary N) is 1. The molecule has 11 heavy (non-hydrogen) atoms. The molecule has 2 rings (SSSR count). The molecule has 1 aromatic heterocycles. The molecule has 0 radical (unpaired) electrons. The maximum absolute atomic E-state index is 5.05. The molecule has 0 saturated carbocycles. The molecule has 1 fully saturated rings. The van der Waals surface area contributed by atoms with Crippen LogP contribution in [0.5, 0.6) is 0 Å². The molecule has 2 nitrogen and oxygen atoms in total. The molecule has 0 aliphatic carbocycles. The first-order valence-corrected chi connectivity index (χ1v) is 4.66. The van der Waals surface area contributed by atoms with Crippen molar-refractivity contribution in [2.75, 3.05) is 13.2 Å². The molecule has 0 unspecified atom stereocenters. The van der Waals surface area contributed by atoms with Crippen molar-refractivity contribution in [3.63, 3.8) is 0 Å². The van der Waals surface area contributed by atoms with Gasteiger partial charge in [-0.15, -0.1) is 11.3 Å². The van der Waals surface area contributed by atoms with Crippen molar-refractivity contribution in [2.24, 2.45) is 0 Å². The third kappa shape index (κ3) is 1.80. The fraction of sp³-hybridized carbons (Fsp3) is 0.500. The lowest BCUT2D eigenvalue weighted by Gasteiger charge is -2.26. The third-order valence-electron chi connectivity index (χ3n) is 1.78. The Morgan fingerprint density at radius 1 is 1.64 bits per heavy atom. The Labute approximate surface area is 70.2 Å². The Bertz CT molecular complexity index is 206. The van der Waals surface area contributed by atoms with Crippen molar-refractivity contribution in [3.05, 3.63) is 22.4 Å². The van der Waals surface area contributed by atoms with Crippen molar-refractivity contribution in [1.29, 1.82) is 0 Å². The molecule has 1 aliphatic rings. The van der Waals surface area contributed by atoms with Gasteiger partial charge in [0.05, 0.1) is 19.3 Å². The van der Waals surface area contributed by atoms with Gasteiger partial charge in [-0.25, -0.2) is 0 Å². The molecule has 1 N–H and O–H groups in total. The lowest BCUT2D eigenvalue weighted by molar-refractivity contribution is -0.00567. The van der Waals surface area contributed by atoms with Crippen molar-refractivity contribution in [3.8, 4) is 0 Å². The fourth-order valence-corrected chi connectivity index (χ4v) is 1.67. The Balaban J connectivity index is 1.74. The highest BCUT2D eigenvalue weighted by molar-refractivity contribution is 7.09. The van der Waals surface area contributed by atoms with Crippen LogP contribution in [0, 0.1) is 0 Å². The van der Waals surface area contributed by atoms with Crippen LogP contribution in [0.15, 0.2) is 17.5 Å². The number of hydrogen-bond acceptors (Lipinski definition) is 3. The van der Waals surface area contributed by atoms with E-state index < -0.39 is 0 Å². The summed E-state index contributed by atoms with van der Waals surface area (Å²) >= 11 is 1.80. The minimum absolute atomic E-state index is 0.595. The van der Waals surface area contributed by atoms with Gasteiger partial charge in [0, 0.05) is 11.4 Å². The first-order valence-electron chi connectivity index (χ1n) is 3.78. The molecule has 0 bridgehead atoms. The van der Waals surface area contributed by atoms with Gasteiger partial charge >= 0.3 is 0 Å². The quantitative estimate of drug-likeness (QED) is 0.735. The van der Waals surface area contributed by atoms with Crippen LogP contribution in [0.1, 0.15) is 4.88 Å². The van der Waals surface area contributed by atoms with E-state index in [0.29, 0.717) is 6.04 Å². The summed E-state index contributed by atoms with van der Waals surface area (Å²) in [6.07, 6.45) is 0. The van der Waals surface area contributed by atoms with E-state index in [1.807, 2.05) is 0 Å². The van der Waals surface area contributed by atoms with Crippen molar-refractivity contribution >= 4 is 11.3 Å². The maximum atomic E-state index is 5.05. The van der Waals surface area contributed by atoms with Gasteiger partial charge in [0.2, 0.25) is 0 Å². The molecule has 1 aliphatic heterocycles. The summed E-state index contributed by atoms with van der Waals surface area (Å²) in [4.78, 5) is 1.40. The minimum Gasteiger partial charge on any atom is -0.378 e. The Kier molecular flexibility index (Phi) is 2.21. The number of rotatable bonds is 3. The molecule has 0 amide bonds. The summed E-state index contributed by atoms with van der Waals surface area (Å²) in [6, 6.07) is 4.83. The van der Waals surface area contributed by atoms with E-state index in [1.165, 1.54) is 4.88 Å². The van der Waals surface area contributed by atoms with Gasteiger partial charge in [-0.3, -0.25) is 0 Å². The molecule has 60 valence electrons. The maximum Gasteiger partial charge on any atom is 0.0643 e. The number of ether oxygens (including phenoxy) is 1. The van der Waals surface area contributed by atoms with Gasteiger partial charge in [0.25, 0.3) is 0 Å². The van der Waals surface area contributed by atoms with E-state index in [-0.39, 0.29) is 0 Å². The molecule has 2 heterocycles. The fourth-order valence-electron chi connectivity index (χ4n) is 1.01. The monoisotopic (exact) mass is 169 g/mol. The van der Waals surface area contributed by atoms with Gasteiger partial charge in [-0.1, -0.05) is 6.07 Å². The second kappa shape index (κ2) is 3.34. The lowest BCUT2D eigenvalue weighted by atomic mass is 10.2. The average Bonchev–Trinajstić information content (AvgIpc) is 2.36. The molecule has 1 aromatic rings. The first kappa shape index (κ1) is 7.28. The molecule has 0 aromatic carbocycles. The number of thiophene rings is 1. The van der Waals surface area contributed by atoms with Crippen LogP contribution in [-0.2, 0) is 11.3 Å². The van der Waals surface area contributed by atoms with Crippen LogP contribution in [0.25, 0.3) is 0 Å². The highest BCUT2D eigenvalue weighted by Crippen LogP contribution is 2.09.